The average Bonchev–Trinajstić information content (AvgIpc) is 2.80. The van der Waals surface area contributed by atoms with Gasteiger partial charge in [0.25, 0.3) is 0 Å². The molecule has 0 spiro atoms. The second-order valence-corrected chi connectivity index (χ2v) is 3.43. The molecule has 1 atom stereocenters. The Morgan fingerprint density at radius 3 is 2.88 bits per heavy atom. The van der Waals surface area contributed by atoms with Gasteiger partial charge in [0.1, 0.15) is 11.9 Å². The molecule has 0 fully saturated rings. The van der Waals surface area contributed by atoms with E-state index in [0.717, 1.165) is 18.1 Å². The molecule has 0 aliphatic carbocycles. The molecule has 5 nitrogen and oxygen atoms in total. The zero-order chi connectivity index (χ0) is 11.4. The highest BCUT2D eigenvalue weighted by Crippen LogP contribution is 2.17. The number of pyridine rings is 1. The normalized spacial score (nSPS) is 12.6. The summed E-state index contributed by atoms with van der Waals surface area (Å²) in [5, 5.41) is 0. The molecule has 0 saturated carbocycles. The Hall–Kier alpha value is -1.72. The monoisotopic (exact) mass is 217 g/mol. The van der Waals surface area contributed by atoms with Crippen LogP contribution in [0.5, 0.6) is 0 Å². The molecule has 84 valence electrons. The maximum atomic E-state index is 5.58. The molecule has 3 N–H and O–H groups in total. The van der Waals surface area contributed by atoms with Gasteiger partial charge in [0.2, 0.25) is 0 Å². The van der Waals surface area contributed by atoms with Crippen LogP contribution < -0.4 is 11.3 Å². The van der Waals surface area contributed by atoms with E-state index in [-0.39, 0.29) is 6.04 Å². The van der Waals surface area contributed by atoms with Crippen LogP contribution in [-0.2, 0) is 6.54 Å². The van der Waals surface area contributed by atoms with Gasteiger partial charge in [-0.15, -0.1) is 0 Å². The van der Waals surface area contributed by atoms with Gasteiger partial charge in [-0.3, -0.25) is 10.8 Å². The Morgan fingerprint density at radius 2 is 2.25 bits per heavy atom. The fourth-order valence-corrected chi connectivity index (χ4v) is 1.69. The molecular weight excluding hydrogens is 202 g/mol. The Balaban J connectivity index is 2.37. The average molecular weight is 217 g/mol. The minimum absolute atomic E-state index is 0.170. The Labute approximate surface area is 94.3 Å². The van der Waals surface area contributed by atoms with Gasteiger partial charge in [0.15, 0.2) is 0 Å². The van der Waals surface area contributed by atoms with Gasteiger partial charge >= 0.3 is 0 Å². The molecule has 0 amide bonds. The fraction of sp³-hybridized carbons (Fsp3) is 0.273. The van der Waals surface area contributed by atoms with Gasteiger partial charge in [-0.1, -0.05) is 6.07 Å². The van der Waals surface area contributed by atoms with Crippen molar-refractivity contribution in [3.63, 3.8) is 0 Å². The smallest absolute Gasteiger partial charge is 0.133 e. The number of imidazole rings is 1. The van der Waals surface area contributed by atoms with Crippen molar-refractivity contribution in [2.45, 2.75) is 19.5 Å². The lowest BCUT2D eigenvalue weighted by molar-refractivity contribution is 0.550. The SMILES string of the molecule is CCn1ccnc1C(NN)c1ccccn1. The molecule has 1 unspecified atom stereocenters. The van der Waals surface area contributed by atoms with E-state index in [1.807, 2.05) is 29.0 Å². The van der Waals surface area contributed by atoms with Gasteiger partial charge < -0.3 is 4.57 Å². The highest BCUT2D eigenvalue weighted by atomic mass is 15.3. The molecule has 0 aliphatic heterocycles. The van der Waals surface area contributed by atoms with E-state index in [1.165, 1.54) is 0 Å². The fourth-order valence-electron chi connectivity index (χ4n) is 1.69. The standard InChI is InChI=1S/C11H15N5/c1-2-16-8-7-14-11(16)10(15-12)9-5-3-4-6-13-9/h3-8,10,15H,2,12H2,1H3. The van der Waals surface area contributed by atoms with E-state index >= 15 is 0 Å². The molecule has 0 aromatic carbocycles. The Morgan fingerprint density at radius 1 is 1.38 bits per heavy atom. The first kappa shape index (κ1) is 10.8. The van der Waals surface area contributed by atoms with Crippen LogP contribution in [0.4, 0.5) is 0 Å². The molecule has 0 bridgehead atoms. The largest absolute Gasteiger partial charge is 0.334 e. The van der Waals surface area contributed by atoms with Crippen LogP contribution in [-0.4, -0.2) is 14.5 Å². The second-order valence-electron chi connectivity index (χ2n) is 3.43. The first-order valence-corrected chi connectivity index (χ1v) is 5.25. The highest BCUT2D eigenvalue weighted by Gasteiger charge is 2.17. The zero-order valence-electron chi connectivity index (χ0n) is 9.17. The van der Waals surface area contributed by atoms with E-state index in [0.29, 0.717) is 0 Å². The summed E-state index contributed by atoms with van der Waals surface area (Å²) in [6.07, 6.45) is 5.45. The number of nitrogens with two attached hydrogens (primary N) is 1. The summed E-state index contributed by atoms with van der Waals surface area (Å²) >= 11 is 0. The number of aryl methyl sites for hydroxylation is 1. The lowest BCUT2D eigenvalue weighted by Crippen LogP contribution is -2.31. The Kier molecular flexibility index (Phi) is 3.28. The zero-order valence-corrected chi connectivity index (χ0v) is 9.17. The third-order valence-corrected chi connectivity index (χ3v) is 2.50. The van der Waals surface area contributed by atoms with Crippen molar-refractivity contribution >= 4 is 0 Å². The van der Waals surface area contributed by atoms with Crippen molar-refractivity contribution in [1.29, 1.82) is 0 Å². The summed E-state index contributed by atoms with van der Waals surface area (Å²) in [5.74, 6) is 6.45. The molecule has 16 heavy (non-hydrogen) atoms. The van der Waals surface area contributed by atoms with Crippen molar-refractivity contribution in [2.24, 2.45) is 5.84 Å². The molecule has 2 heterocycles. The van der Waals surface area contributed by atoms with Crippen LogP contribution in [0.25, 0.3) is 0 Å². The summed E-state index contributed by atoms with van der Waals surface area (Å²) in [6.45, 7) is 2.93. The maximum Gasteiger partial charge on any atom is 0.133 e. The number of aromatic nitrogens is 3. The lowest BCUT2D eigenvalue weighted by Gasteiger charge is -2.15. The summed E-state index contributed by atoms with van der Waals surface area (Å²) < 4.78 is 2.04. The molecule has 2 aromatic heterocycles. The van der Waals surface area contributed by atoms with Crippen LogP contribution >= 0.6 is 0 Å². The van der Waals surface area contributed by atoms with Crippen LogP contribution in [0.2, 0.25) is 0 Å². The quantitative estimate of drug-likeness (QED) is 0.588. The summed E-state index contributed by atoms with van der Waals surface area (Å²) in [7, 11) is 0. The molecule has 0 saturated heterocycles. The molecule has 0 aliphatic rings. The summed E-state index contributed by atoms with van der Waals surface area (Å²) in [6, 6.07) is 5.57. The van der Waals surface area contributed by atoms with E-state index in [4.69, 9.17) is 5.84 Å². The van der Waals surface area contributed by atoms with Gasteiger partial charge in [0.05, 0.1) is 5.69 Å². The molecule has 5 heteroatoms. The van der Waals surface area contributed by atoms with Gasteiger partial charge in [0, 0.05) is 25.1 Å². The molecule has 2 aromatic rings. The highest BCUT2D eigenvalue weighted by molar-refractivity contribution is 5.17. The first-order chi connectivity index (χ1) is 7.86. The molecule has 2 rings (SSSR count). The second kappa shape index (κ2) is 4.87. The van der Waals surface area contributed by atoms with Crippen LogP contribution in [0.3, 0.4) is 0 Å². The maximum absolute atomic E-state index is 5.58. The minimum atomic E-state index is -0.170. The van der Waals surface area contributed by atoms with Crippen molar-refractivity contribution in [3.05, 3.63) is 48.3 Å². The van der Waals surface area contributed by atoms with Crippen molar-refractivity contribution in [3.8, 4) is 0 Å². The molecule has 0 radical (unpaired) electrons. The predicted octanol–water partition coefficient (Wildman–Crippen LogP) is 0.851. The first-order valence-electron chi connectivity index (χ1n) is 5.25. The van der Waals surface area contributed by atoms with Gasteiger partial charge in [-0.2, -0.15) is 0 Å². The number of hydrogen-bond donors (Lipinski definition) is 2. The third kappa shape index (κ3) is 1.95. The van der Waals surface area contributed by atoms with E-state index in [2.05, 4.69) is 22.3 Å². The van der Waals surface area contributed by atoms with Crippen molar-refractivity contribution in [1.82, 2.24) is 20.0 Å². The molecular formula is C11H15N5. The minimum Gasteiger partial charge on any atom is -0.334 e. The van der Waals surface area contributed by atoms with Crippen LogP contribution in [0, 0.1) is 0 Å². The summed E-state index contributed by atoms with van der Waals surface area (Å²) in [5.41, 5.74) is 3.62. The topological polar surface area (TPSA) is 68.8 Å². The predicted molar refractivity (Wildman–Crippen MR) is 61.3 cm³/mol. The Bertz CT molecular complexity index is 437. The summed E-state index contributed by atoms with van der Waals surface area (Å²) in [4.78, 5) is 8.60. The van der Waals surface area contributed by atoms with Crippen molar-refractivity contribution < 1.29 is 0 Å². The number of nitrogens with one attached hydrogen (secondary N) is 1. The number of nitrogens with zero attached hydrogens (tertiary/aromatic N) is 3. The van der Waals surface area contributed by atoms with Crippen LogP contribution in [0.15, 0.2) is 36.8 Å². The van der Waals surface area contributed by atoms with Crippen molar-refractivity contribution in [2.75, 3.05) is 0 Å². The number of hydrogen-bond acceptors (Lipinski definition) is 4. The van der Waals surface area contributed by atoms with Crippen LogP contribution in [0.1, 0.15) is 24.5 Å². The third-order valence-electron chi connectivity index (χ3n) is 2.50. The van der Waals surface area contributed by atoms with E-state index in [9.17, 15) is 0 Å². The lowest BCUT2D eigenvalue weighted by atomic mass is 10.2. The van der Waals surface area contributed by atoms with Gasteiger partial charge in [-0.25, -0.2) is 10.4 Å². The number of rotatable bonds is 4. The number of hydrazine groups is 1. The van der Waals surface area contributed by atoms with E-state index in [1.54, 1.807) is 12.4 Å². The van der Waals surface area contributed by atoms with E-state index < -0.39 is 0 Å². The van der Waals surface area contributed by atoms with Gasteiger partial charge in [-0.05, 0) is 19.1 Å².